The monoisotopic (exact) mass is 176 g/mol. The molecule has 0 N–H and O–H groups in total. The van der Waals surface area contributed by atoms with E-state index in [1.54, 1.807) is 12.7 Å². The van der Waals surface area contributed by atoms with Crippen molar-refractivity contribution in [3.05, 3.63) is 12.7 Å². The van der Waals surface area contributed by atoms with E-state index in [0.29, 0.717) is 12.8 Å². The van der Waals surface area contributed by atoms with Crippen molar-refractivity contribution in [2.45, 2.75) is 19.8 Å². The van der Waals surface area contributed by atoms with E-state index in [9.17, 15) is 4.57 Å². The number of unbranched alkanes of at least 4 members (excludes halogenated alkanes) is 1. The molecule has 1 unspecified atom stereocenters. The fourth-order valence-corrected chi connectivity index (χ4v) is 1.78. The van der Waals surface area contributed by atoms with Gasteiger partial charge in [-0.1, -0.05) is 19.4 Å². The average Bonchev–Trinajstić information content (AvgIpc) is 1.87. The van der Waals surface area contributed by atoms with E-state index in [4.69, 9.17) is 4.52 Å². The van der Waals surface area contributed by atoms with Gasteiger partial charge < -0.3 is 4.52 Å². The summed E-state index contributed by atoms with van der Waals surface area (Å²) in [6.07, 6.45) is 4.19. The topological polar surface area (TPSA) is 26.3 Å². The van der Waals surface area contributed by atoms with Crippen LogP contribution in [0.1, 0.15) is 19.8 Å². The third-order valence-electron chi connectivity index (χ3n) is 1.32. The van der Waals surface area contributed by atoms with Gasteiger partial charge in [0.05, 0.1) is 6.61 Å². The summed E-state index contributed by atoms with van der Waals surface area (Å²) >= 11 is 0. The van der Waals surface area contributed by atoms with E-state index in [-0.39, 0.29) is 0 Å². The number of rotatable bonds is 6. The molecule has 0 saturated carbocycles. The van der Waals surface area contributed by atoms with Crippen molar-refractivity contribution in [2.75, 3.05) is 19.4 Å². The van der Waals surface area contributed by atoms with Crippen molar-refractivity contribution in [2.24, 2.45) is 0 Å². The highest BCUT2D eigenvalue weighted by atomic mass is 31.2. The van der Waals surface area contributed by atoms with Crippen LogP contribution >= 0.6 is 7.37 Å². The van der Waals surface area contributed by atoms with Gasteiger partial charge in [0.15, 0.2) is 0 Å². The van der Waals surface area contributed by atoms with E-state index >= 15 is 0 Å². The summed E-state index contributed by atoms with van der Waals surface area (Å²) < 4.78 is 16.6. The molecule has 0 bridgehead atoms. The highest BCUT2D eigenvalue weighted by molar-refractivity contribution is 7.58. The molecule has 0 amide bonds. The minimum atomic E-state index is -2.34. The second kappa shape index (κ2) is 5.56. The highest BCUT2D eigenvalue weighted by Crippen LogP contribution is 2.42. The first kappa shape index (κ1) is 10.9. The maximum atomic E-state index is 11.4. The Morgan fingerprint density at radius 1 is 1.64 bits per heavy atom. The predicted molar refractivity (Wildman–Crippen MR) is 49.5 cm³/mol. The molecule has 66 valence electrons. The molecule has 0 heterocycles. The smallest absolute Gasteiger partial charge is 0.203 e. The van der Waals surface area contributed by atoms with Crippen LogP contribution in [0.3, 0.4) is 0 Å². The highest BCUT2D eigenvalue weighted by Gasteiger charge is 2.11. The van der Waals surface area contributed by atoms with Crippen LogP contribution < -0.4 is 0 Å². The van der Waals surface area contributed by atoms with E-state index in [2.05, 4.69) is 13.5 Å². The van der Waals surface area contributed by atoms with Crippen molar-refractivity contribution in [3.8, 4) is 0 Å². The molecule has 0 spiro atoms. The van der Waals surface area contributed by atoms with Gasteiger partial charge in [-0.3, -0.25) is 4.57 Å². The van der Waals surface area contributed by atoms with Crippen molar-refractivity contribution < 1.29 is 9.09 Å². The molecule has 0 radical (unpaired) electrons. The fourth-order valence-electron chi connectivity index (χ4n) is 0.689. The largest absolute Gasteiger partial charge is 0.328 e. The van der Waals surface area contributed by atoms with Gasteiger partial charge in [0.2, 0.25) is 7.37 Å². The SMILES string of the molecule is C=CCP(C)(=O)OCCCC. The zero-order valence-electron chi connectivity index (χ0n) is 7.38. The Kier molecular flexibility index (Phi) is 5.53. The summed E-state index contributed by atoms with van der Waals surface area (Å²) in [5, 5.41) is 0. The second-order valence-corrected chi connectivity index (χ2v) is 5.32. The van der Waals surface area contributed by atoms with E-state index in [0.717, 1.165) is 12.8 Å². The fraction of sp³-hybridized carbons (Fsp3) is 0.750. The third-order valence-corrected chi connectivity index (χ3v) is 2.97. The third kappa shape index (κ3) is 6.33. The summed E-state index contributed by atoms with van der Waals surface area (Å²) in [6.45, 7) is 7.87. The maximum absolute atomic E-state index is 11.4. The van der Waals surface area contributed by atoms with Crippen molar-refractivity contribution in [1.82, 2.24) is 0 Å². The van der Waals surface area contributed by atoms with Crippen LogP contribution in [0.4, 0.5) is 0 Å². The second-order valence-electron chi connectivity index (χ2n) is 2.67. The zero-order chi connectivity index (χ0) is 8.74. The van der Waals surface area contributed by atoms with Crippen LogP contribution in [-0.2, 0) is 9.09 Å². The number of hydrogen-bond acceptors (Lipinski definition) is 2. The lowest BCUT2D eigenvalue weighted by Crippen LogP contribution is -1.93. The quantitative estimate of drug-likeness (QED) is 0.353. The van der Waals surface area contributed by atoms with E-state index in [1.807, 2.05) is 0 Å². The van der Waals surface area contributed by atoms with Crippen LogP contribution in [0.25, 0.3) is 0 Å². The lowest BCUT2D eigenvalue weighted by atomic mass is 10.4. The molecule has 0 fully saturated rings. The summed E-state index contributed by atoms with van der Waals surface area (Å²) in [6, 6.07) is 0. The molecular weight excluding hydrogens is 159 g/mol. The Hall–Kier alpha value is -0.0700. The molecule has 0 aromatic carbocycles. The van der Waals surface area contributed by atoms with Crippen LogP contribution in [-0.4, -0.2) is 19.4 Å². The van der Waals surface area contributed by atoms with Gasteiger partial charge in [0.1, 0.15) is 0 Å². The molecule has 2 nitrogen and oxygen atoms in total. The van der Waals surface area contributed by atoms with Crippen LogP contribution in [0.2, 0.25) is 0 Å². The maximum Gasteiger partial charge on any atom is 0.203 e. The molecule has 3 heteroatoms. The van der Waals surface area contributed by atoms with Crippen molar-refractivity contribution >= 4 is 7.37 Å². The molecule has 11 heavy (non-hydrogen) atoms. The Morgan fingerprint density at radius 2 is 2.27 bits per heavy atom. The minimum Gasteiger partial charge on any atom is -0.328 e. The van der Waals surface area contributed by atoms with Crippen LogP contribution in [0.5, 0.6) is 0 Å². The first-order valence-electron chi connectivity index (χ1n) is 3.94. The van der Waals surface area contributed by atoms with Crippen molar-refractivity contribution in [1.29, 1.82) is 0 Å². The lowest BCUT2D eigenvalue weighted by molar-refractivity contribution is 0.311. The molecule has 0 aliphatic heterocycles. The Balaban J connectivity index is 3.55. The van der Waals surface area contributed by atoms with Crippen LogP contribution in [0.15, 0.2) is 12.7 Å². The van der Waals surface area contributed by atoms with E-state index < -0.39 is 7.37 Å². The minimum absolute atomic E-state index is 0.483. The van der Waals surface area contributed by atoms with Gasteiger partial charge in [0.25, 0.3) is 0 Å². The molecule has 1 atom stereocenters. The van der Waals surface area contributed by atoms with Crippen LogP contribution in [0, 0.1) is 0 Å². The standard InChI is InChI=1S/C8H17O2P/c1-4-6-7-10-11(3,9)8-5-2/h5H,2,4,6-8H2,1,3H3. The zero-order valence-corrected chi connectivity index (χ0v) is 8.27. The molecule has 0 aromatic heterocycles. The van der Waals surface area contributed by atoms with Gasteiger partial charge in [-0.15, -0.1) is 6.58 Å². The van der Waals surface area contributed by atoms with Crippen molar-refractivity contribution in [3.63, 3.8) is 0 Å². The first-order valence-corrected chi connectivity index (χ1v) is 6.20. The predicted octanol–water partition coefficient (Wildman–Crippen LogP) is 2.90. The Bertz CT molecular complexity index is 154. The van der Waals surface area contributed by atoms with Gasteiger partial charge in [-0.05, 0) is 6.42 Å². The lowest BCUT2D eigenvalue weighted by Gasteiger charge is -2.10. The number of allylic oxidation sites excluding steroid dienone is 1. The Morgan fingerprint density at radius 3 is 2.73 bits per heavy atom. The van der Waals surface area contributed by atoms with Gasteiger partial charge >= 0.3 is 0 Å². The average molecular weight is 176 g/mol. The molecule has 0 saturated heterocycles. The normalized spacial score (nSPS) is 15.8. The summed E-state index contributed by atoms with van der Waals surface area (Å²) in [7, 11) is -2.34. The molecular formula is C8H17O2P. The summed E-state index contributed by atoms with van der Waals surface area (Å²) in [5.41, 5.74) is 0. The molecule has 0 rings (SSSR count). The molecule has 0 aliphatic carbocycles. The van der Waals surface area contributed by atoms with Gasteiger partial charge in [0, 0.05) is 12.8 Å². The molecule has 0 aliphatic rings. The Labute approximate surface area is 69.1 Å². The first-order chi connectivity index (χ1) is 5.12. The van der Waals surface area contributed by atoms with Gasteiger partial charge in [-0.2, -0.15) is 0 Å². The number of hydrogen-bond donors (Lipinski definition) is 0. The van der Waals surface area contributed by atoms with E-state index in [1.165, 1.54) is 0 Å². The van der Waals surface area contributed by atoms with Gasteiger partial charge in [-0.25, -0.2) is 0 Å². The molecule has 0 aromatic rings. The summed E-state index contributed by atoms with van der Waals surface area (Å²) in [5.74, 6) is 0. The summed E-state index contributed by atoms with van der Waals surface area (Å²) in [4.78, 5) is 0.